The van der Waals surface area contributed by atoms with E-state index in [1.165, 1.54) is 5.56 Å². The zero-order valence-corrected chi connectivity index (χ0v) is 10.4. The number of anilines is 1. The predicted molar refractivity (Wildman–Crippen MR) is 67.1 cm³/mol. The van der Waals surface area contributed by atoms with Crippen molar-refractivity contribution in [3.8, 4) is 0 Å². The summed E-state index contributed by atoms with van der Waals surface area (Å²) >= 11 is 5.82. The molecule has 3 heteroatoms. The summed E-state index contributed by atoms with van der Waals surface area (Å²) in [5.41, 5.74) is 3.37. The molecule has 1 atom stereocenters. The standard InChI is InChI=1S/C13H16ClNO/c1-9-3-4-10(2)12(5-9)15-8-11(7-14)6-13(15)16/h3-5,11H,6-8H2,1-2H3. The van der Waals surface area contributed by atoms with Crippen molar-refractivity contribution in [3.63, 3.8) is 0 Å². The van der Waals surface area contributed by atoms with Gasteiger partial charge in [-0.05, 0) is 37.0 Å². The van der Waals surface area contributed by atoms with Crippen molar-refractivity contribution in [1.29, 1.82) is 0 Å². The first-order valence-corrected chi connectivity index (χ1v) is 6.09. The van der Waals surface area contributed by atoms with Gasteiger partial charge < -0.3 is 4.90 Å². The van der Waals surface area contributed by atoms with Crippen LogP contribution in [0.1, 0.15) is 17.5 Å². The van der Waals surface area contributed by atoms with Gasteiger partial charge in [-0.15, -0.1) is 11.6 Å². The average molecular weight is 238 g/mol. The van der Waals surface area contributed by atoms with Gasteiger partial charge in [-0.2, -0.15) is 0 Å². The van der Waals surface area contributed by atoms with E-state index in [1.807, 2.05) is 18.7 Å². The molecule has 1 amide bonds. The molecule has 0 saturated carbocycles. The highest BCUT2D eigenvalue weighted by atomic mass is 35.5. The number of halogens is 1. The van der Waals surface area contributed by atoms with E-state index in [9.17, 15) is 4.79 Å². The highest BCUT2D eigenvalue weighted by molar-refractivity contribution is 6.18. The summed E-state index contributed by atoms with van der Waals surface area (Å²) < 4.78 is 0. The molecular weight excluding hydrogens is 222 g/mol. The fourth-order valence-electron chi connectivity index (χ4n) is 2.13. The van der Waals surface area contributed by atoms with Crippen molar-refractivity contribution < 1.29 is 4.79 Å². The second-order valence-corrected chi connectivity index (χ2v) is 4.83. The summed E-state index contributed by atoms with van der Waals surface area (Å²) in [7, 11) is 0. The smallest absolute Gasteiger partial charge is 0.227 e. The Hall–Kier alpha value is -1.02. The minimum absolute atomic E-state index is 0.194. The van der Waals surface area contributed by atoms with Crippen LogP contribution in [0.25, 0.3) is 0 Å². The van der Waals surface area contributed by atoms with E-state index in [-0.39, 0.29) is 5.91 Å². The first-order chi connectivity index (χ1) is 7.61. The third-order valence-electron chi connectivity index (χ3n) is 3.08. The quantitative estimate of drug-likeness (QED) is 0.725. The lowest BCUT2D eigenvalue weighted by molar-refractivity contribution is -0.117. The van der Waals surface area contributed by atoms with Gasteiger partial charge in [0.2, 0.25) is 5.91 Å². The molecule has 0 N–H and O–H groups in total. The summed E-state index contributed by atoms with van der Waals surface area (Å²) in [5, 5.41) is 0. The Bertz CT molecular complexity index is 416. The van der Waals surface area contributed by atoms with Crippen LogP contribution in [-0.4, -0.2) is 18.3 Å². The van der Waals surface area contributed by atoms with Crippen molar-refractivity contribution in [2.75, 3.05) is 17.3 Å². The fraction of sp³-hybridized carbons (Fsp3) is 0.462. The molecule has 2 rings (SSSR count). The third-order valence-corrected chi connectivity index (χ3v) is 3.52. The fourth-order valence-corrected chi connectivity index (χ4v) is 2.33. The van der Waals surface area contributed by atoms with Gasteiger partial charge in [0.15, 0.2) is 0 Å². The lowest BCUT2D eigenvalue weighted by Gasteiger charge is -2.19. The second kappa shape index (κ2) is 4.46. The van der Waals surface area contributed by atoms with Crippen molar-refractivity contribution in [2.45, 2.75) is 20.3 Å². The Balaban J connectivity index is 2.30. The summed E-state index contributed by atoms with van der Waals surface area (Å²) in [6, 6.07) is 6.20. The summed E-state index contributed by atoms with van der Waals surface area (Å²) in [4.78, 5) is 13.7. The Morgan fingerprint density at radius 2 is 2.19 bits per heavy atom. The molecule has 86 valence electrons. The van der Waals surface area contributed by atoms with Gasteiger partial charge in [-0.1, -0.05) is 12.1 Å². The van der Waals surface area contributed by atoms with Crippen molar-refractivity contribution in [2.24, 2.45) is 5.92 Å². The Morgan fingerprint density at radius 1 is 1.44 bits per heavy atom. The summed E-state index contributed by atoms with van der Waals surface area (Å²) in [5.74, 6) is 1.06. The molecule has 1 aliphatic rings. The highest BCUT2D eigenvalue weighted by Gasteiger charge is 2.30. The molecule has 1 saturated heterocycles. The highest BCUT2D eigenvalue weighted by Crippen LogP contribution is 2.29. The molecule has 1 fully saturated rings. The van der Waals surface area contributed by atoms with Crippen LogP contribution in [0.5, 0.6) is 0 Å². The van der Waals surface area contributed by atoms with Crippen LogP contribution in [-0.2, 0) is 4.79 Å². The third kappa shape index (κ3) is 2.07. The molecule has 1 aromatic rings. The van der Waals surface area contributed by atoms with Gasteiger partial charge in [0.05, 0.1) is 0 Å². The maximum Gasteiger partial charge on any atom is 0.227 e. The number of nitrogens with zero attached hydrogens (tertiary/aromatic N) is 1. The van der Waals surface area contributed by atoms with Gasteiger partial charge in [-0.25, -0.2) is 0 Å². The van der Waals surface area contributed by atoms with E-state index in [0.717, 1.165) is 17.8 Å². The maximum absolute atomic E-state index is 11.9. The molecule has 1 unspecified atom stereocenters. The molecule has 2 nitrogen and oxygen atoms in total. The van der Waals surface area contributed by atoms with Crippen LogP contribution < -0.4 is 4.90 Å². The Morgan fingerprint density at radius 3 is 2.81 bits per heavy atom. The van der Waals surface area contributed by atoms with Gasteiger partial charge in [0.25, 0.3) is 0 Å². The van der Waals surface area contributed by atoms with Crippen molar-refractivity contribution in [3.05, 3.63) is 29.3 Å². The van der Waals surface area contributed by atoms with Crippen molar-refractivity contribution in [1.82, 2.24) is 0 Å². The van der Waals surface area contributed by atoms with E-state index < -0.39 is 0 Å². The Labute approximate surface area is 101 Å². The monoisotopic (exact) mass is 237 g/mol. The number of rotatable bonds is 2. The van der Waals surface area contributed by atoms with Crippen LogP contribution in [0, 0.1) is 19.8 Å². The van der Waals surface area contributed by atoms with E-state index in [1.54, 1.807) is 0 Å². The van der Waals surface area contributed by atoms with Crippen LogP contribution in [0.15, 0.2) is 18.2 Å². The number of aryl methyl sites for hydroxylation is 2. The molecule has 1 aliphatic heterocycles. The number of benzene rings is 1. The average Bonchev–Trinajstić information content (AvgIpc) is 2.63. The zero-order chi connectivity index (χ0) is 11.7. The number of amides is 1. The number of carbonyl (C=O) groups is 1. The Kier molecular flexibility index (Phi) is 3.20. The van der Waals surface area contributed by atoms with E-state index in [0.29, 0.717) is 18.2 Å². The SMILES string of the molecule is Cc1ccc(C)c(N2CC(CCl)CC2=O)c1. The van der Waals surface area contributed by atoms with Crippen LogP contribution >= 0.6 is 11.6 Å². The normalized spacial score (nSPS) is 20.6. The molecule has 0 radical (unpaired) electrons. The molecule has 1 heterocycles. The first-order valence-electron chi connectivity index (χ1n) is 5.55. The number of alkyl halides is 1. The molecular formula is C13H16ClNO. The van der Waals surface area contributed by atoms with E-state index in [4.69, 9.17) is 11.6 Å². The largest absolute Gasteiger partial charge is 0.312 e. The zero-order valence-electron chi connectivity index (χ0n) is 9.66. The summed E-state index contributed by atoms with van der Waals surface area (Å²) in [6.45, 7) is 4.84. The van der Waals surface area contributed by atoms with Gasteiger partial charge in [0.1, 0.15) is 0 Å². The molecule has 0 aliphatic carbocycles. The summed E-state index contributed by atoms with van der Waals surface area (Å²) in [6.07, 6.45) is 0.580. The minimum Gasteiger partial charge on any atom is -0.312 e. The van der Waals surface area contributed by atoms with Gasteiger partial charge >= 0.3 is 0 Å². The van der Waals surface area contributed by atoms with Crippen LogP contribution in [0.3, 0.4) is 0 Å². The number of hydrogen-bond donors (Lipinski definition) is 0. The molecule has 0 spiro atoms. The predicted octanol–water partition coefficient (Wildman–Crippen LogP) is 2.90. The molecule has 1 aromatic carbocycles. The lowest BCUT2D eigenvalue weighted by Crippen LogP contribution is -2.25. The van der Waals surface area contributed by atoms with E-state index >= 15 is 0 Å². The van der Waals surface area contributed by atoms with Gasteiger partial charge in [-0.3, -0.25) is 4.79 Å². The maximum atomic E-state index is 11.9. The first kappa shape index (κ1) is 11.5. The van der Waals surface area contributed by atoms with E-state index in [2.05, 4.69) is 18.2 Å². The number of carbonyl (C=O) groups excluding carboxylic acids is 1. The second-order valence-electron chi connectivity index (χ2n) is 4.52. The van der Waals surface area contributed by atoms with Crippen LogP contribution in [0.4, 0.5) is 5.69 Å². The van der Waals surface area contributed by atoms with Gasteiger partial charge in [0, 0.05) is 24.5 Å². The topological polar surface area (TPSA) is 20.3 Å². The molecule has 0 bridgehead atoms. The lowest BCUT2D eigenvalue weighted by atomic mass is 10.1. The molecule has 16 heavy (non-hydrogen) atoms. The van der Waals surface area contributed by atoms with Crippen molar-refractivity contribution >= 4 is 23.2 Å². The minimum atomic E-state index is 0.194. The number of hydrogen-bond acceptors (Lipinski definition) is 1. The van der Waals surface area contributed by atoms with Crippen LogP contribution in [0.2, 0.25) is 0 Å². The molecule has 0 aromatic heterocycles.